The molecule has 0 atom stereocenters. The molecule has 0 spiro atoms. The maximum atomic E-state index is 10.9. The van der Waals surface area contributed by atoms with E-state index < -0.39 is 5.91 Å². The van der Waals surface area contributed by atoms with Crippen LogP contribution in [0.15, 0.2) is 41.3 Å². The third-order valence-corrected chi connectivity index (χ3v) is 2.64. The van der Waals surface area contributed by atoms with Crippen LogP contribution in [-0.4, -0.2) is 15.5 Å². The zero-order valence-electron chi connectivity index (χ0n) is 7.72. The van der Waals surface area contributed by atoms with Crippen molar-refractivity contribution in [3.63, 3.8) is 0 Å². The number of hydrogen-bond acceptors (Lipinski definition) is 2. The molecule has 2 rings (SSSR count). The predicted molar refractivity (Wildman–Crippen MR) is 59.8 cm³/mol. The predicted octanol–water partition coefficient (Wildman–Crippen LogP) is 1.73. The second kappa shape index (κ2) is 3.86. The molecule has 0 aliphatic heterocycles. The molecule has 76 valence electrons. The van der Waals surface area contributed by atoms with Gasteiger partial charge in [0.25, 0.3) is 5.91 Å². The Kier molecular flexibility index (Phi) is 2.55. The number of para-hydroxylation sites is 1. The van der Waals surface area contributed by atoms with Crippen molar-refractivity contribution < 1.29 is 4.79 Å². The van der Waals surface area contributed by atoms with Gasteiger partial charge in [0.2, 0.25) is 0 Å². The van der Waals surface area contributed by atoms with Gasteiger partial charge in [0.1, 0.15) is 12.0 Å². The summed E-state index contributed by atoms with van der Waals surface area (Å²) < 4.78 is 2.67. The minimum atomic E-state index is -0.527. The summed E-state index contributed by atoms with van der Waals surface area (Å²) in [7, 11) is 0. The first kappa shape index (κ1) is 9.92. The van der Waals surface area contributed by atoms with E-state index in [1.54, 1.807) is 17.1 Å². The number of carbonyl (C=O) groups is 1. The van der Waals surface area contributed by atoms with E-state index in [1.807, 2.05) is 24.3 Å². The molecule has 1 aromatic carbocycles. The number of imidazole rings is 1. The van der Waals surface area contributed by atoms with Gasteiger partial charge in [-0.3, -0.25) is 4.79 Å². The van der Waals surface area contributed by atoms with E-state index in [4.69, 9.17) is 5.73 Å². The highest BCUT2D eigenvalue weighted by Crippen LogP contribution is 2.20. The largest absolute Gasteiger partial charge is 0.364 e. The van der Waals surface area contributed by atoms with E-state index in [-0.39, 0.29) is 5.69 Å². The smallest absolute Gasteiger partial charge is 0.268 e. The molecule has 0 bridgehead atoms. The van der Waals surface area contributed by atoms with Crippen LogP contribution in [0, 0.1) is 0 Å². The van der Waals surface area contributed by atoms with Gasteiger partial charge < -0.3 is 10.3 Å². The Labute approximate surface area is 94.9 Å². The van der Waals surface area contributed by atoms with Gasteiger partial charge in [-0.1, -0.05) is 12.1 Å². The first-order chi connectivity index (χ1) is 7.18. The Balaban J connectivity index is 2.46. The molecule has 0 fully saturated rings. The van der Waals surface area contributed by atoms with Gasteiger partial charge in [-0.15, -0.1) is 0 Å². The highest BCUT2D eigenvalue weighted by Gasteiger charge is 2.06. The Hall–Kier alpha value is -1.62. The van der Waals surface area contributed by atoms with Crippen LogP contribution in [0.1, 0.15) is 10.5 Å². The zero-order valence-corrected chi connectivity index (χ0v) is 9.31. The standard InChI is InChI=1S/C10H8BrN3O/c11-7-3-1-2-4-9(7)14-5-8(10(12)15)13-6-14/h1-6H,(H2,12,15). The summed E-state index contributed by atoms with van der Waals surface area (Å²) in [6.45, 7) is 0. The SMILES string of the molecule is NC(=O)c1cn(-c2ccccc2Br)cn1. The number of benzene rings is 1. The number of rotatable bonds is 2. The number of primary amides is 1. The van der Waals surface area contributed by atoms with E-state index in [9.17, 15) is 4.79 Å². The van der Waals surface area contributed by atoms with Crippen LogP contribution in [0.3, 0.4) is 0 Å². The summed E-state index contributed by atoms with van der Waals surface area (Å²) in [6.07, 6.45) is 3.16. The number of carbonyl (C=O) groups excluding carboxylic acids is 1. The molecule has 0 aliphatic carbocycles. The highest BCUT2D eigenvalue weighted by molar-refractivity contribution is 9.10. The summed E-state index contributed by atoms with van der Waals surface area (Å²) in [6, 6.07) is 7.65. The van der Waals surface area contributed by atoms with Crippen LogP contribution in [0.2, 0.25) is 0 Å². The van der Waals surface area contributed by atoms with Gasteiger partial charge in [-0.2, -0.15) is 0 Å². The number of amides is 1. The molecule has 4 nitrogen and oxygen atoms in total. The summed E-state index contributed by atoms with van der Waals surface area (Å²) in [5.41, 5.74) is 6.29. The molecule has 0 unspecified atom stereocenters. The van der Waals surface area contributed by atoms with Crippen LogP contribution in [0.5, 0.6) is 0 Å². The Morgan fingerprint density at radius 1 is 1.40 bits per heavy atom. The molecule has 0 radical (unpaired) electrons. The van der Waals surface area contributed by atoms with E-state index in [0.29, 0.717) is 0 Å². The minimum absolute atomic E-state index is 0.255. The average Bonchev–Trinajstić information content (AvgIpc) is 2.67. The van der Waals surface area contributed by atoms with Gasteiger partial charge in [-0.25, -0.2) is 4.98 Å². The van der Waals surface area contributed by atoms with Gasteiger partial charge in [0.05, 0.1) is 5.69 Å². The van der Waals surface area contributed by atoms with Gasteiger partial charge >= 0.3 is 0 Å². The van der Waals surface area contributed by atoms with Crippen molar-refractivity contribution >= 4 is 21.8 Å². The fourth-order valence-corrected chi connectivity index (χ4v) is 1.73. The van der Waals surface area contributed by atoms with Crippen LogP contribution < -0.4 is 5.73 Å². The van der Waals surface area contributed by atoms with Crippen LogP contribution >= 0.6 is 15.9 Å². The van der Waals surface area contributed by atoms with Crippen molar-refractivity contribution in [3.05, 3.63) is 47.0 Å². The summed E-state index contributed by atoms with van der Waals surface area (Å²) in [5.74, 6) is -0.527. The van der Waals surface area contributed by atoms with Gasteiger partial charge in [0.15, 0.2) is 0 Å². The normalized spacial score (nSPS) is 10.2. The van der Waals surface area contributed by atoms with Crippen molar-refractivity contribution in [2.24, 2.45) is 5.73 Å². The molecule has 15 heavy (non-hydrogen) atoms. The van der Waals surface area contributed by atoms with E-state index in [1.165, 1.54) is 0 Å². The van der Waals surface area contributed by atoms with E-state index in [0.717, 1.165) is 10.2 Å². The monoisotopic (exact) mass is 265 g/mol. The van der Waals surface area contributed by atoms with Crippen LogP contribution in [-0.2, 0) is 0 Å². The molecule has 2 N–H and O–H groups in total. The first-order valence-corrected chi connectivity index (χ1v) is 5.06. The lowest BCUT2D eigenvalue weighted by Crippen LogP contribution is -2.11. The Morgan fingerprint density at radius 2 is 2.13 bits per heavy atom. The lowest BCUT2D eigenvalue weighted by molar-refractivity contribution is 0.0996. The second-order valence-electron chi connectivity index (χ2n) is 2.98. The average molecular weight is 266 g/mol. The first-order valence-electron chi connectivity index (χ1n) is 4.27. The van der Waals surface area contributed by atoms with Crippen LogP contribution in [0.4, 0.5) is 0 Å². The van der Waals surface area contributed by atoms with Crippen molar-refractivity contribution in [1.29, 1.82) is 0 Å². The molecule has 0 saturated heterocycles. The molecular formula is C10H8BrN3O. The molecule has 1 heterocycles. The maximum absolute atomic E-state index is 10.9. The number of nitrogens with two attached hydrogens (primary N) is 1. The minimum Gasteiger partial charge on any atom is -0.364 e. The van der Waals surface area contributed by atoms with Gasteiger partial charge in [-0.05, 0) is 28.1 Å². The second-order valence-corrected chi connectivity index (χ2v) is 3.84. The quantitative estimate of drug-likeness (QED) is 0.899. The van der Waals surface area contributed by atoms with Gasteiger partial charge in [0, 0.05) is 10.7 Å². The molecule has 1 aromatic heterocycles. The molecular weight excluding hydrogens is 258 g/mol. The number of halogens is 1. The van der Waals surface area contributed by atoms with E-state index >= 15 is 0 Å². The maximum Gasteiger partial charge on any atom is 0.268 e. The highest BCUT2D eigenvalue weighted by atomic mass is 79.9. The van der Waals surface area contributed by atoms with Crippen molar-refractivity contribution in [2.75, 3.05) is 0 Å². The Bertz CT molecular complexity index is 507. The lowest BCUT2D eigenvalue weighted by Gasteiger charge is -2.03. The molecule has 1 amide bonds. The third kappa shape index (κ3) is 1.92. The number of nitrogens with zero attached hydrogens (tertiary/aromatic N) is 2. The fourth-order valence-electron chi connectivity index (χ4n) is 1.24. The van der Waals surface area contributed by atoms with E-state index in [2.05, 4.69) is 20.9 Å². The molecule has 5 heteroatoms. The molecule has 2 aromatic rings. The van der Waals surface area contributed by atoms with Crippen molar-refractivity contribution in [2.45, 2.75) is 0 Å². The van der Waals surface area contributed by atoms with Crippen LogP contribution in [0.25, 0.3) is 5.69 Å². The fraction of sp³-hybridized carbons (Fsp3) is 0. The van der Waals surface area contributed by atoms with Crippen molar-refractivity contribution in [3.8, 4) is 5.69 Å². The number of aromatic nitrogens is 2. The topological polar surface area (TPSA) is 60.9 Å². The number of hydrogen-bond donors (Lipinski definition) is 1. The summed E-state index contributed by atoms with van der Waals surface area (Å²) >= 11 is 3.41. The Morgan fingerprint density at radius 3 is 2.73 bits per heavy atom. The third-order valence-electron chi connectivity index (χ3n) is 1.97. The van der Waals surface area contributed by atoms with Crippen molar-refractivity contribution in [1.82, 2.24) is 9.55 Å². The molecule has 0 saturated carbocycles. The summed E-state index contributed by atoms with van der Waals surface area (Å²) in [4.78, 5) is 14.8. The summed E-state index contributed by atoms with van der Waals surface area (Å²) in [5, 5.41) is 0. The molecule has 0 aliphatic rings. The zero-order chi connectivity index (χ0) is 10.8. The lowest BCUT2D eigenvalue weighted by atomic mass is 10.3.